The summed E-state index contributed by atoms with van der Waals surface area (Å²) in [7, 11) is 0. The van der Waals surface area contributed by atoms with Crippen LogP contribution in [0.25, 0.3) is 11.3 Å². The second kappa shape index (κ2) is 8.70. The fourth-order valence-electron chi connectivity index (χ4n) is 2.21. The Kier molecular flexibility index (Phi) is 6.57. The van der Waals surface area contributed by atoms with Gasteiger partial charge in [-0.1, -0.05) is 43.2 Å². The molecule has 2 rings (SSSR count). The van der Waals surface area contributed by atoms with E-state index in [0.29, 0.717) is 12.8 Å². The molecular formula is C17H22N2OS. The molecule has 0 atom stereocenters. The van der Waals surface area contributed by atoms with Gasteiger partial charge in [0.15, 0.2) is 0 Å². The molecule has 0 unspecified atom stereocenters. The number of hydrogen-bond acceptors (Lipinski definition) is 4. The van der Waals surface area contributed by atoms with E-state index >= 15 is 0 Å². The van der Waals surface area contributed by atoms with Crippen molar-refractivity contribution in [3.63, 3.8) is 0 Å². The molecule has 0 aliphatic carbocycles. The number of unbranched alkanes of at least 4 members (excludes halogenated alkanes) is 3. The van der Waals surface area contributed by atoms with Crippen LogP contribution in [0.5, 0.6) is 0 Å². The first kappa shape index (κ1) is 15.9. The zero-order valence-corrected chi connectivity index (χ0v) is 13.1. The highest BCUT2D eigenvalue weighted by Gasteiger charge is 2.09. The molecule has 0 fully saturated rings. The maximum Gasteiger partial charge on any atom is 0.139 e. The van der Waals surface area contributed by atoms with Gasteiger partial charge >= 0.3 is 0 Å². The van der Waals surface area contributed by atoms with E-state index in [1.165, 1.54) is 0 Å². The van der Waals surface area contributed by atoms with Crippen molar-refractivity contribution < 1.29 is 4.79 Å². The van der Waals surface area contributed by atoms with E-state index in [1.807, 2.05) is 35.7 Å². The highest BCUT2D eigenvalue weighted by Crippen LogP contribution is 2.22. The molecule has 1 aromatic carbocycles. The van der Waals surface area contributed by atoms with E-state index < -0.39 is 0 Å². The third-order valence-corrected chi connectivity index (χ3v) is 4.23. The van der Waals surface area contributed by atoms with Gasteiger partial charge in [0.25, 0.3) is 0 Å². The van der Waals surface area contributed by atoms with Crippen LogP contribution in [0.1, 0.15) is 37.1 Å². The lowest BCUT2D eigenvalue weighted by atomic mass is 10.1. The monoisotopic (exact) mass is 302 g/mol. The first-order valence-electron chi connectivity index (χ1n) is 7.51. The summed E-state index contributed by atoms with van der Waals surface area (Å²) in [5.41, 5.74) is 7.52. The molecule has 0 amide bonds. The van der Waals surface area contributed by atoms with Gasteiger partial charge in [-0.25, -0.2) is 4.98 Å². The molecule has 112 valence electrons. The van der Waals surface area contributed by atoms with Crippen molar-refractivity contribution in [2.45, 2.75) is 38.5 Å². The normalized spacial score (nSPS) is 10.7. The minimum Gasteiger partial charge on any atom is -0.330 e. The van der Waals surface area contributed by atoms with Crippen LogP contribution in [0.3, 0.4) is 0 Å². The van der Waals surface area contributed by atoms with Crippen LogP contribution in [0, 0.1) is 0 Å². The Balaban J connectivity index is 1.78. The van der Waals surface area contributed by atoms with E-state index in [1.54, 1.807) is 11.3 Å². The Hall–Kier alpha value is -1.52. The number of Topliss-reactive ketones (excluding diaryl/α,β-unsaturated/α-hetero) is 1. The van der Waals surface area contributed by atoms with Crippen molar-refractivity contribution in [2.75, 3.05) is 6.54 Å². The number of nitrogens with zero attached hydrogens (tertiary/aromatic N) is 1. The summed E-state index contributed by atoms with van der Waals surface area (Å²) in [6, 6.07) is 10.1. The lowest BCUT2D eigenvalue weighted by Gasteiger charge is -1.99. The third kappa shape index (κ3) is 5.40. The molecule has 0 saturated carbocycles. The quantitative estimate of drug-likeness (QED) is 0.716. The van der Waals surface area contributed by atoms with E-state index in [9.17, 15) is 4.79 Å². The Morgan fingerprint density at radius 3 is 2.62 bits per heavy atom. The molecule has 0 bridgehead atoms. The highest BCUT2D eigenvalue weighted by molar-refractivity contribution is 7.10. The van der Waals surface area contributed by atoms with Crippen LogP contribution in [0.4, 0.5) is 0 Å². The maximum atomic E-state index is 11.9. The fourth-order valence-corrected chi connectivity index (χ4v) is 3.04. The number of hydrogen-bond donors (Lipinski definition) is 1. The van der Waals surface area contributed by atoms with Gasteiger partial charge in [-0.15, -0.1) is 11.3 Å². The Morgan fingerprint density at radius 1 is 1.10 bits per heavy atom. The lowest BCUT2D eigenvalue weighted by Crippen LogP contribution is -2.03. The van der Waals surface area contributed by atoms with Crippen molar-refractivity contribution in [3.8, 4) is 11.3 Å². The summed E-state index contributed by atoms with van der Waals surface area (Å²) >= 11 is 1.57. The SMILES string of the molecule is NCCCCCCC(=O)Cc1nc(-c2ccccc2)cs1. The van der Waals surface area contributed by atoms with Gasteiger partial charge in [-0.2, -0.15) is 0 Å². The van der Waals surface area contributed by atoms with E-state index in [2.05, 4.69) is 4.98 Å². The van der Waals surface area contributed by atoms with Crippen molar-refractivity contribution in [2.24, 2.45) is 5.73 Å². The van der Waals surface area contributed by atoms with Gasteiger partial charge in [0.05, 0.1) is 12.1 Å². The summed E-state index contributed by atoms with van der Waals surface area (Å²) in [5, 5.41) is 2.94. The summed E-state index contributed by atoms with van der Waals surface area (Å²) < 4.78 is 0. The van der Waals surface area contributed by atoms with E-state index in [-0.39, 0.29) is 5.78 Å². The van der Waals surface area contributed by atoms with Crippen molar-refractivity contribution >= 4 is 17.1 Å². The maximum absolute atomic E-state index is 11.9. The predicted molar refractivity (Wildman–Crippen MR) is 88.4 cm³/mol. The number of rotatable bonds is 9. The molecule has 3 nitrogen and oxygen atoms in total. The highest BCUT2D eigenvalue weighted by atomic mass is 32.1. The zero-order chi connectivity index (χ0) is 14.9. The zero-order valence-electron chi connectivity index (χ0n) is 12.3. The van der Waals surface area contributed by atoms with Crippen molar-refractivity contribution in [1.82, 2.24) is 4.98 Å². The Morgan fingerprint density at radius 2 is 1.86 bits per heavy atom. The first-order chi connectivity index (χ1) is 10.3. The van der Waals surface area contributed by atoms with Crippen LogP contribution in [-0.4, -0.2) is 17.3 Å². The average molecular weight is 302 g/mol. The molecule has 1 aromatic heterocycles. The minimum atomic E-state index is 0.289. The van der Waals surface area contributed by atoms with Gasteiger partial charge < -0.3 is 5.73 Å². The topological polar surface area (TPSA) is 56.0 Å². The number of ketones is 1. The summed E-state index contributed by atoms with van der Waals surface area (Å²) in [5.74, 6) is 0.289. The van der Waals surface area contributed by atoms with Crippen molar-refractivity contribution in [3.05, 3.63) is 40.7 Å². The largest absolute Gasteiger partial charge is 0.330 e. The Bertz CT molecular complexity index is 551. The number of carbonyl (C=O) groups is 1. The minimum absolute atomic E-state index is 0.289. The number of benzene rings is 1. The molecule has 0 aliphatic rings. The summed E-state index contributed by atoms with van der Waals surface area (Å²) in [6.07, 6.45) is 5.37. The molecule has 0 spiro atoms. The van der Waals surface area contributed by atoms with Gasteiger partial charge in [0.1, 0.15) is 10.8 Å². The fraction of sp³-hybridized carbons (Fsp3) is 0.412. The molecule has 0 radical (unpaired) electrons. The number of carbonyl (C=O) groups excluding carboxylic acids is 1. The van der Waals surface area contributed by atoms with Gasteiger partial charge in [0, 0.05) is 17.4 Å². The van der Waals surface area contributed by atoms with Gasteiger partial charge in [-0.3, -0.25) is 4.79 Å². The second-order valence-electron chi connectivity index (χ2n) is 5.16. The molecule has 2 N–H and O–H groups in total. The molecule has 1 heterocycles. The number of nitrogens with two attached hydrogens (primary N) is 1. The van der Waals surface area contributed by atoms with Gasteiger partial charge in [-0.05, 0) is 19.4 Å². The first-order valence-corrected chi connectivity index (χ1v) is 8.39. The smallest absolute Gasteiger partial charge is 0.139 e. The summed E-state index contributed by atoms with van der Waals surface area (Å²) in [4.78, 5) is 16.5. The average Bonchev–Trinajstić information content (AvgIpc) is 2.96. The summed E-state index contributed by atoms with van der Waals surface area (Å²) in [6.45, 7) is 0.745. The van der Waals surface area contributed by atoms with Crippen LogP contribution >= 0.6 is 11.3 Å². The van der Waals surface area contributed by atoms with Crippen LogP contribution in [0.2, 0.25) is 0 Å². The van der Waals surface area contributed by atoms with Crippen LogP contribution < -0.4 is 5.73 Å². The van der Waals surface area contributed by atoms with Gasteiger partial charge in [0.2, 0.25) is 0 Å². The molecule has 21 heavy (non-hydrogen) atoms. The molecular weight excluding hydrogens is 280 g/mol. The number of aromatic nitrogens is 1. The molecule has 0 aliphatic heterocycles. The Labute approximate surface area is 130 Å². The molecule has 4 heteroatoms. The van der Waals surface area contributed by atoms with Crippen LogP contribution in [-0.2, 0) is 11.2 Å². The lowest BCUT2D eigenvalue weighted by molar-refractivity contribution is -0.118. The molecule has 2 aromatic rings. The predicted octanol–water partition coefficient (Wildman–Crippen LogP) is 3.83. The molecule has 0 saturated heterocycles. The van der Waals surface area contributed by atoms with E-state index in [0.717, 1.165) is 48.5 Å². The number of thiazole rings is 1. The van der Waals surface area contributed by atoms with Crippen molar-refractivity contribution in [1.29, 1.82) is 0 Å². The standard InChI is InChI=1S/C17H22N2OS/c18-11-7-2-1-6-10-15(20)12-17-19-16(13-21-17)14-8-4-3-5-9-14/h3-5,8-9,13H,1-2,6-7,10-12,18H2. The van der Waals surface area contributed by atoms with E-state index in [4.69, 9.17) is 5.73 Å². The second-order valence-corrected chi connectivity index (χ2v) is 6.10. The van der Waals surface area contributed by atoms with Crippen LogP contribution in [0.15, 0.2) is 35.7 Å². The third-order valence-electron chi connectivity index (χ3n) is 3.38.